The molecule has 0 bridgehead atoms. The molecule has 1 N–H and O–H groups in total. The fourth-order valence-corrected chi connectivity index (χ4v) is 1.93. The lowest BCUT2D eigenvalue weighted by atomic mass is 10.2. The molecule has 1 aliphatic rings. The highest BCUT2D eigenvalue weighted by Crippen LogP contribution is 2.06. The first kappa shape index (κ1) is 12.5. The molecule has 0 unspecified atom stereocenters. The second-order valence-electron chi connectivity index (χ2n) is 4.70. The van der Waals surface area contributed by atoms with Crippen LogP contribution < -0.4 is 0 Å². The molecule has 0 aliphatic carbocycles. The normalized spacial score (nSPS) is 20.7. The van der Waals surface area contributed by atoms with Crippen LogP contribution in [0.25, 0.3) is 0 Å². The molecule has 1 rings (SSSR count). The largest absolute Gasteiger partial charge is 0.384 e. The lowest BCUT2D eigenvalue weighted by Gasteiger charge is -2.36. The zero-order valence-electron chi connectivity index (χ0n) is 9.94. The Kier molecular flexibility index (Phi) is 4.54. The first-order valence-corrected chi connectivity index (χ1v) is 5.70. The number of aliphatic hydroxyl groups excluding tert-OH is 1. The van der Waals surface area contributed by atoms with Gasteiger partial charge in [-0.05, 0) is 12.8 Å². The molecule has 1 aliphatic heterocycles. The second kappa shape index (κ2) is 5.47. The average molecular weight is 214 g/mol. The highest BCUT2D eigenvalue weighted by molar-refractivity contribution is 5.80. The van der Waals surface area contributed by atoms with Crippen LogP contribution in [-0.4, -0.2) is 59.6 Å². The van der Waals surface area contributed by atoms with Crippen LogP contribution in [0.1, 0.15) is 20.8 Å². The van der Waals surface area contributed by atoms with Gasteiger partial charge in [-0.2, -0.15) is 0 Å². The summed E-state index contributed by atoms with van der Waals surface area (Å²) in [6, 6.07) is 0. The van der Waals surface area contributed by atoms with Crippen molar-refractivity contribution < 1.29 is 9.90 Å². The zero-order chi connectivity index (χ0) is 11.4. The van der Waals surface area contributed by atoms with Crippen molar-refractivity contribution in [1.82, 2.24) is 9.80 Å². The van der Waals surface area contributed by atoms with Gasteiger partial charge in [-0.25, -0.2) is 0 Å². The first-order chi connectivity index (χ1) is 7.00. The molecule has 1 atom stereocenters. The van der Waals surface area contributed by atoms with E-state index in [2.05, 4.69) is 18.7 Å². The Morgan fingerprint density at radius 1 is 1.20 bits per heavy atom. The van der Waals surface area contributed by atoms with Gasteiger partial charge in [0.25, 0.3) is 5.91 Å². The molecular weight excluding hydrogens is 192 g/mol. The molecule has 0 aromatic carbocycles. The molecule has 1 amide bonds. The molecular formula is C11H22N2O2. The van der Waals surface area contributed by atoms with Crippen LogP contribution in [0.4, 0.5) is 0 Å². The van der Waals surface area contributed by atoms with Gasteiger partial charge < -0.3 is 10.0 Å². The number of carbonyl (C=O) groups excluding carboxylic acids is 1. The molecule has 4 nitrogen and oxygen atoms in total. The molecule has 1 fully saturated rings. The minimum Gasteiger partial charge on any atom is -0.384 e. The summed E-state index contributed by atoms with van der Waals surface area (Å²) < 4.78 is 0. The summed E-state index contributed by atoms with van der Waals surface area (Å²) in [6.07, 6.45) is -0.860. The third-order valence-corrected chi connectivity index (χ3v) is 2.66. The summed E-state index contributed by atoms with van der Waals surface area (Å²) in [5.74, 6) is 0.531. The van der Waals surface area contributed by atoms with Gasteiger partial charge in [0.2, 0.25) is 0 Å². The highest BCUT2D eigenvalue weighted by Gasteiger charge is 2.23. The molecule has 0 aromatic rings. The van der Waals surface area contributed by atoms with Crippen LogP contribution in [0.2, 0.25) is 0 Å². The van der Waals surface area contributed by atoms with Crippen LogP contribution in [0.5, 0.6) is 0 Å². The third kappa shape index (κ3) is 3.80. The fourth-order valence-electron chi connectivity index (χ4n) is 1.93. The number of piperazine rings is 1. The second-order valence-corrected chi connectivity index (χ2v) is 4.70. The number of rotatable bonds is 3. The molecule has 0 saturated carbocycles. The lowest BCUT2D eigenvalue weighted by Crippen LogP contribution is -2.51. The maximum Gasteiger partial charge on any atom is 0.251 e. The molecule has 15 heavy (non-hydrogen) atoms. The summed E-state index contributed by atoms with van der Waals surface area (Å²) in [4.78, 5) is 15.6. The quantitative estimate of drug-likeness (QED) is 0.728. The van der Waals surface area contributed by atoms with Gasteiger partial charge in [0.1, 0.15) is 6.10 Å². The molecule has 0 radical (unpaired) electrons. The number of amides is 1. The summed E-state index contributed by atoms with van der Waals surface area (Å²) in [5.41, 5.74) is 0. The van der Waals surface area contributed by atoms with Crippen molar-refractivity contribution in [2.75, 3.05) is 32.7 Å². The van der Waals surface area contributed by atoms with Crippen LogP contribution in [0.15, 0.2) is 0 Å². The van der Waals surface area contributed by atoms with Crippen molar-refractivity contribution in [2.24, 2.45) is 5.92 Å². The SMILES string of the molecule is CC(C)CN1CCN(C(=O)[C@@H](C)O)CC1. The molecule has 88 valence electrons. The van der Waals surface area contributed by atoms with Gasteiger partial charge in [0.15, 0.2) is 0 Å². The first-order valence-electron chi connectivity index (χ1n) is 5.70. The van der Waals surface area contributed by atoms with Crippen molar-refractivity contribution in [2.45, 2.75) is 26.9 Å². The van der Waals surface area contributed by atoms with E-state index in [0.717, 1.165) is 32.7 Å². The predicted octanol–water partition coefficient (Wildman–Crippen LogP) is 0.167. The number of carbonyl (C=O) groups is 1. The van der Waals surface area contributed by atoms with E-state index in [9.17, 15) is 9.90 Å². The number of hydrogen-bond donors (Lipinski definition) is 1. The number of hydrogen-bond acceptors (Lipinski definition) is 3. The lowest BCUT2D eigenvalue weighted by molar-refractivity contribution is -0.141. The van der Waals surface area contributed by atoms with Crippen LogP contribution >= 0.6 is 0 Å². The van der Waals surface area contributed by atoms with E-state index in [-0.39, 0.29) is 5.91 Å². The highest BCUT2D eigenvalue weighted by atomic mass is 16.3. The topological polar surface area (TPSA) is 43.8 Å². The fraction of sp³-hybridized carbons (Fsp3) is 0.909. The molecule has 1 saturated heterocycles. The minimum absolute atomic E-state index is 0.140. The number of aliphatic hydroxyl groups is 1. The van der Waals surface area contributed by atoms with Gasteiger partial charge in [-0.3, -0.25) is 9.69 Å². The van der Waals surface area contributed by atoms with Gasteiger partial charge in [-0.15, -0.1) is 0 Å². The monoisotopic (exact) mass is 214 g/mol. The summed E-state index contributed by atoms with van der Waals surface area (Å²) in [6.45, 7) is 10.4. The Bertz CT molecular complexity index is 209. The molecule has 1 heterocycles. The summed E-state index contributed by atoms with van der Waals surface area (Å²) >= 11 is 0. The van der Waals surface area contributed by atoms with E-state index in [4.69, 9.17) is 0 Å². The Morgan fingerprint density at radius 3 is 2.13 bits per heavy atom. The molecule has 4 heteroatoms. The minimum atomic E-state index is -0.860. The van der Waals surface area contributed by atoms with Crippen molar-refractivity contribution in [3.8, 4) is 0 Å². The average Bonchev–Trinajstić information content (AvgIpc) is 2.17. The van der Waals surface area contributed by atoms with Crippen molar-refractivity contribution in [3.63, 3.8) is 0 Å². The zero-order valence-corrected chi connectivity index (χ0v) is 9.94. The maximum atomic E-state index is 11.5. The molecule has 0 spiro atoms. The maximum absolute atomic E-state index is 11.5. The standard InChI is InChI=1S/C11H22N2O2/c1-9(2)8-12-4-6-13(7-5-12)11(15)10(3)14/h9-10,14H,4-8H2,1-3H3/t10-/m1/s1. The van der Waals surface area contributed by atoms with E-state index in [1.165, 1.54) is 6.92 Å². The van der Waals surface area contributed by atoms with E-state index in [0.29, 0.717) is 5.92 Å². The van der Waals surface area contributed by atoms with E-state index >= 15 is 0 Å². The molecule has 0 aromatic heterocycles. The van der Waals surface area contributed by atoms with Crippen molar-refractivity contribution >= 4 is 5.91 Å². The van der Waals surface area contributed by atoms with Crippen LogP contribution in [0.3, 0.4) is 0 Å². The van der Waals surface area contributed by atoms with E-state index < -0.39 is 6.10 Å². The Hall–Kier alpha value is -0.610. The smallest absolute Gasteiger partial charge is 0.251 e. The van der Waals surface area contributed by atoms with E-state index in [1.54, 1.807) is 4.90 Å². The Morgan fingerprint density at radius 2 is 1.73 bits per heavy atom. The Labute approximate surface area is 91.9 Å². The number of nitrogens with zero attached hydrogens (tertiary/aromatic N) is 2. The van der Waals surface area contributed by atoms with Gasteiger partial charge >= 0.3 is 0 Å². The Balaban J connectivity index is 2.32. The van der Waals surface area contributed by atoms with Crippen molar-refractivity contribution in [3.05, 3.63) is 0 Å². The van der Waals surface area contributed by atoms with Crippen LogP contribution in [0, 0.1) is 5.92 Å². The van der Waals surface area contributed by atoms with Gasteiger partial charge in [-0.1, -0.05) is 13.8 Å². The van der Waals surface area contributed by atoms with Crippen molar-refractivity contribution in [1.29, 1.82) is 0 Å². The third-order valence-electron chi connectivity index (χ3n) is 2.66. The van der Waals surface area contributed by atoms with E-state index in [1.807, 2.05) is 0 Å². The summed E-state index contributed by atoms with van der Waals surface area (Å²) in [7, 11) is 0. The predicted molar refractivity (Wildman–Crippen MR) is 59.5 cm³/mol. The van der Waals surface area contributed by atoms with Gasteiger partial charge in [0.05, 0.1) is 0 Å². The van der Waals surface area contributed by atoms with Gasteiger partial charge in [0, 0.05) is 32.7 Å². The summed E-state index contributed by atoms with van der Waals surface area (Å²) in [5, 5.41) is 9.18. The van der Waals surface area contributed by atoms with Crippen LogP contribution in [-0.2, 0) is 4.79 Å².